The predicted octanol–water partition coefficient (Wildman–Crippen LogP) is 2.23. The highest BCUT2D eigenvalue weighted by molar-refractivity contribution is 6.16. The van der Waals surface area contributed by atoms with Gasteiger partial charge in [0.25, 0.3) is 17.7 Å². The van der Waals surface area contributed by atoms with Crippen LogP contribution in [0.25, 0.3) is 0 Å². The molecule has 10 heteroatoms. The fourth-order valence-corrected chi connectivity index (χ4v) is 4.25. The smallest absolute Gasteiger partial charge is 0.270 e. The number of pyridine rings is 1. The van der Waals surface area contributed by atoms with E-state index >= 15 is 0 Å². The van der Waals surface area contributed by atoms with Gasteiger partial charge in [-0.2, -0.15) is 5.06 Å². The minimum Gasteiger partial charge on any atom is -0.346 e. The Morgan fingerprint density at radius 3 is 2.27 bits per heavy atom. The molecule has 1 aliphatic heterocycles. The van der Waals surface area contributed by atoms with Crippen molar-refractivity contribution in [3.63, 3.8) is 0 Å². The van der Waals surface area contributed by atoms with Crippen molar-refractivity contribution in [1.82, 2.24) is 20.7 Å². The topological polar surface area (TPSA) is 135 Å². The molecule has 0 bridgehead atoms. The summed E-state index contributed by atoms with van der Waals surface area (Å²) in [7, 11) is 0. The van der Waals surface area contributed by atoms with Crippen molar-refractivity contribution in [1.29, 1.82) is 0 Å². The average Bonchev–Trinajstić information content (AvgIpc) is 3.10. The molecule has 0 unspecified atom stereocenters. The molecule has 1 aromatic heterocycles. The Bertz CT molecular complexity index is 1140. The lowest BCUT2D eigenvalue weighted by atomic mass is 9.85. The lowest BCUT2D eigenvalue weighted by Crippen LogP contribution is -2.49. The highest BCUT2D eigenvalue weighted by Crippen LogP contribution is 2.29. The van der Waals surface area contributed by atoms with Gasteiger partial charge in [-0.05, 0) is 30.5 Å². The van der Waals surface area contributed by atoms with E-state index in [9.17, 15) is 24.0 Å². The molecular weight excluding hydrogens is 476 g/mol. The Balaban J connectivity index is 1.77. The standard InChI is InChI=1S/C27H32N4O6/c1-5-37-31-26(35)17(4)22(27(31)36)24(33)23(16(2)3)30-21(32)15-20(18-11-7-6-8-12-18)29-25(34)19-13-9-10-14-28-19/h6-14,16-17,20,22-23H,5,15H2,1-4H3,(H,29,34)(H,30,32)/t17-,20-,22+,23-/m0/s1. The molecule has 2 heterocycles. The number of Topliss-reactive ketones (excluding diaryl/α,β-unsaturated/α-hetero) is 1. The summed E-state index contributed by atoms with van der Waals surface area (Å²) in [5.74, 6) is -5.31. The molecule has 2 N–H and O–H groups in total. The number of imide groups is 1. The summed E-state index contributed by atoms with van der Waals surface area (Å²) >= 11 is 0. The monoisotopic (exact) mass is 508 g/mol. The van der Waals surface area contributed by atoms with Crippen LogP contribution in [0.15, 0.2) is 54.7 Å². The molecule has 2 aromatic rings. The third kappa shape index (κ3) is 6.45. The molecule has 3 rings (SSSR count). The lowest BCUT2D eigenvalue weighted by molar-refractivity contribution is -0.188. The van der Waals surface area contributed by atoms with Gasteiger partial charge in [0.15, 0.2) is 5.78 Å². The lowest BCUT2D eigenvalue weighted by Gasteiger charge is -2.26. The Labute approximate surface area is 215 Å². The number of ketones is 1. The van der Waals surface area contributed by atoms with Crippen LogP contribution in [0, 0.1) is 17.8 Å². The molecule has 1 aliphatic rings. The van der Waals surface area contributed by atoms with Crippen LogP contribution in [0.5, 0.6) is 0 Å². The minimum atomic E-state index is -1.25. The van der Waals surface area contributed by atoms with Crippen LogP contribution in [0.1, 0.15) is 56.2 Å². The van der Waals surface area contributed by atoms with Gasteiger partial charge in [-0.1, -0.05) is 57.2 Å². The first kappa shape index (κ1) is 27.7. The molecule has 4 atom stereocenters. The van der Waals surface area contributed by atoms with Crippen LogP contribution in [-0.2, 0) is 24.0 Å². The van der Waals surface area contributed by atoms with Crippen molar-refractivity contribution >= 4 is 29.4 Å². The number of hydrogen-bond acceptors (Lipinski definition) is 7. The molecule has 10 nitrogen and oxygen atoms in total. The maximum absolute atomic E-state index is 13.4. The van der Waals surface area contributed by atoms with E-state index in [-0.39, 0.29) is 24.6 Å². The third-order valence-electron chi connectivity index (χ3n) is 6.20. The number of rotatable bonds is 11. The molecule has 0 aliphatic carbocycles. The molecule has 4 amide bonds. The fraction of sp³-hybridized carbons (Fsp3) is 0.407. The molecule has 37 heavy (non-hydrogen) atoms. The summed E-state index contributed by atoms with van der Waals surface area (Å²) in [5.41, 5.74) is 0.906. The van der Waals surface area contributed by atoms with Gasteiger partial charge in [0, 0.05) is 6.20 Å². The first-order chi connectivity index (χ1) is 17.6. The van der Waals surface area contributed by atoms with Crippen LogP contribution < -0.4 is 10.6 Å². The normalized spacial score (nSPS) is 19.0. The molecule has 1 fully saturated rings. The molecule has 1 saturated heterocycles. The largest absolute Gasteiger partial charge is 0.346 e. The van der Waals surface area contributed by atoms with Crippen molar-refractivity contribution in [2.24, 2.45) is 17.8 Å². The first-order valence-corrected chi connectivity index (χ1v) is 12.3. The number of amides is 4. The van der Waals surface area contributed by atoms with Gasteiger partial charge >= 0.3 is 0 Å². The minimum absolute atomic E-state index is 0.0978. The van der Waals surface area contributed by atoms with Crippen molar-refractivity contribution in [3.05, 3.63) is 66.0 Å². The molecule has 196 valence electrons. The number of aromatic nitrogens is 1. The van der Waals surface area contributed by atoms with Crippen LogP contribution in [-0.4, -0.2) is 52.1 Å². The summed E-state index contributed by atoms with van der Waals surface area (Å²) in [6, 6.07) is 12.2. The van der Waals surface area contributed by atoms with Crippen LogP contribution in [0.3, 0.4) is 0 Å². The molecule has 0 radical (unpaired) electrons. The summed E-state index contributed by atoms with van der Waals surface area (Å²) in [5, 5.41) is 6.21. The number of hydrogen-bond donors (Lipinski definition) is 2. The molecule has 0 spiro atoms. The van der Waals surface area contributed by atoms with Crippen molar-refractivity contribution in [3.8, 4) is 0 Å². The average molecular weight is 509 g/mol. The van der Waals surface area contributed by atoms with E-state index < -0.39 is 53.3 Å². The van der Waals surface area contributed by atoms with Crippen LogP contribution in [0.2, 0.25) is 0 Å². The SMILES string of the molecule is CCON1C(=O)[C@@H](C(=O)[C@@H](NC(=O)C[C@H](NC(=O)c2ccccn2)c2ccccc2)C(C)C)[C@H](C)C1=O. The zero-order valence-electron chi connectivity index (χ0n) is 21.3. The second-order valence-electron chi connectivity index (χ2n) is 9.20. The highest BCUT2D eigenvalue weighted by atomic mass is 16.7. The van der Waals surface area contributed by atoms with E-state index in [1.54, 1.807) is 63.2 Å². The van der Waals surface area contributed by atoms with E-state index in [0.717, 1.165) is 0 Å². The van der Waals surface area contributed by atoms with E-state index in [1.807, 2.05) is 6.07 Å². The number of carbonyl (C=O) groups is 5. The van der Waals surface area contributed by atoms with Gasteiger partial charge < -0.3 is 10.6 Å². The van der Waals surface area contributed by atoms with Gasteiger partial charge in [-0.25, -0.2) is 0 Å². The van der Waals surface area contributed by atoms with Gasteiger partial charge in [0.2, 0.25) is 5.91 Å². The van der Waals surface area contributed by atoms with Crippen LogP contribution in [0.4, 0.5) is 0 Å². The number of hydroxylamine groups is 2. The first-order valence-electron chi connectivity index (χ1n) is 12.3. The zero-order valence-corrected chi connectivity index (χ0v) is 21.3. The molecular formula is C27H32N4O6. The second kappa shape index (κ2) is 12.4. The van der Waals surface area contributed by atoms with Crippen molar-refractivity contribution in [2.75, 3.05) is 6.61 Å². The zero-order chi connectivity index (χ0) is 27.1. The quantitative estimate of drug-likeness (QED) is 0.351. The maximum atomic E-state index is 13.4. The summed E-state index contributed by atoms with van der Waals surface area (Å²) in [4.78, 5) is 73.7. The number of nitrogens with one attached hydrogen (secondary N) is 2. The van der Waals surface area contributed by atoms with Crippen LogP contribution >= 0.6 is 0 Å². The Morgan fingerprint density at radius 2 is 1.68 bits per heavy atom. The second-order valence-corrected chi connectivity index (χ2v) is 9.20. The van der Waals surface area contributed by atoms with Crippen molar-refractivity contribution < 1.29 is 28.8 Å². The highest BCUT2D eigenvalue weighted by Gasteiger charge is 2.51. The predicted molar refractivity (Wildman–Crippen MR) is 133 cm³/mol. The molecule has 1 aromatic carbocycles. The fourth-order valence-electron chi connectivity index (χ4n) is 4.25. The van der Waals surface area contributed by atoms with Gasteiger partial charge in [0.05, 0.1) is 31.0 Å². The number of carbonyl (C=O) groups excluding carboxylic acids is 5. The maximum Gasteiger partial charge on any atom is 0.270 e. The van der Waals surface area contributed by atoms with Gasteiger partial charge in [-0.15, -0.1) is 0 Å². The summed E-state index contributed by atoms with van der Waals surface area (Å²) in [6.07, 6.45) is 1.35. The Morgan fingerprint density at radius 1 is 1.00 bits per heavy atom. The molecule has 0 saturated carbocycles. The number of benzene rings is 1. The van der Waals surface area contributed by atoms with E-state index in [4.69, 9.17) is 4.84 Å². The third-order valence-corrected chi connectivity index (χ3v) is 6.20. The number of nitrogens with zero attached hydrogens (tertiary/aromatic N) is 2. The van der Waals surface area contributed by atoms with Gasteiger partial charge in [-0.3, -0.25) is 33.8 Å². The summed E-state index contributed by atoms with van der Waals surface area (Å²) in [6.45, 7) is 6.71. The van der Waals surface area contributed by atoms with E-state index in [0.29, 0.717) is 10.6 Å². The summed E-state index contributed by atoms with van der Waals surface area (Å²) < 4.78 is 0. The van der Waals surface area contributed by atoms with E-state index in [1.165, 1.54) is 13.1 Å². The Hall–Kier alpha value is -3.92. The van der Waals surface area contributed by atoms with Gasteiger partial charge in [0.1, 0.15) is 11.6 Å². The van der Waals surface area contributed by atoms with Crippen molar-refractivity contribution in [2.45, 2.75) is 46.2 Å². The Kier molecular flexibility index (Phi) is 9.24. The van der Waals surface area contributed by atoms with E-state index in [2.05, 4.69) is 15.6 Å².